The topological polar surface area (TPSA) is 88.2 Å². The molecule has 1 atom stereocenters. The third-order valence-corrected chi connectivity index (χ3v) is 5.57. The zero-order chi connectivity index (χ0) is 22.1. The summed E-state index contributed by atoms with van der Waals surface area (Å²) in [6, 6.07) is 15.9. The van der Waals surface area contributed by atoms with Crippen molar-refractivity contribution in [3.63, 3.8) is 0 Å². The lowest BCUT2D eigenvalue weighted by Gasteiger charge is -2.34. The van der Waals surface area contributed by atoms with Crippen LogP contribution in [0.25, 0.3) is 11.1 Å². The van der Waals surface area contributed by atoms with Gasteiger partial charge in [0, 0.05) is 29.1 Å². The molecule has 0 fully saturated rings. The Labute approximate surface area is 186 Å². The first-order valence-electron chi connectivity index (χ1n) is 10.6. The smallest absolute Gasteiger partial charge is 0.283 e. The molecule has 1 aromatic heterocycles. The van der Waals surface area contributed by atoms with Gasteiger partial charge in [-0.1, -0.05) is 12.1 Å². The van der Waals surface area contributed by atoms with E-state index in [1.54, 1.807) is 6.20 Å². The van der Waals surface area contributed by atoms with E-state index in [1.807, 2.05) is 62.5 Å². The number of pyridine rings is 1. The van der Waals surface area contributed by atoms with Crippen molar-refractivity contribution in [2.24, 2.45) is 10.7 Å². The normalized spacial score (nSPS) is 18.5. The third kappa shape index (κ3) is 3.65. The Kier molecular flexibility index (Phi) is 5.19. The van der Waals surface area contributed by atoms with E-state index >= 15 is 0 Å². The van der Waals surface area contributed by atoms with Crippen LogP contribution in [-0.4, -0.2) is 36.9 Å². The van der Waals surface area contributed by atoms with Gasteiger partial charge in [-0.3, -0.25) is 4.98 Å². The number of hydrogen-bond acceptors (Lipinski definition) is 7. The number of nitrogens with zero attached hydrogens (tertiary/aromatic N) is 2. The number of aliphatic imine (C=N–C) groups is 1. The van der Waals surface area contributed by atoms with Crippen LogP contribution in [0, 0.1) is 0 Å². The van der Waals surface area contributed by atoms with Gasteiger partial charge in [0.1, 0.15) is 30.5 Å². The average molecular weight is 431 g/mol. The van der Waals surface area contributed by atoms with Crippen LogP contribution in [0.15, 0.2) is 65.9 Å². The highest BCUT2D eigenvalue weighted by Gasteiger charge is 2.47. The summed E-state index contributed by atoms with van der Waals surface area (Å²) in [5.41, 5.74) is 8.97. The van der Waals surface area contributed by atoms with Gasteiger partial charge in [-0.15, -0.1) is 0 Å². The second-order valence-electron chi connectivity index (χ2n) is 8.08. The summed E-state index contributed by atoms with van der Waals surface area (Å²) >= 11 is 0. The lowest BCUT2D eigenvalue weighted by atomic mass is 9.80. The molecule has 0 bridgehead atoms. The Morgan fingerprint density at radius 2 is 1.84 bits per heavy atom. The predicted molar refractivity (Wildman–Crippen MR) is 121 cm³/mol. The van der Waals surface area contributed by atoms with Crippen molar-refractivity contribution in [1.82, 2.24) is 4.98 Å². The predicted octanol–water partition coefficient (Wildman–Crippen LogP) is 4.25. The summed E-state index contributed by atoms with van der Waals surface area (Å²) in [5, 5.41) is 0. The van der Waals surface area contributed by atoms with E-state index in [4.69, 9.17) is 29.7 Å². The average Bonchev–Trinajstić information content (AvgIpc) is 3.20. The lowest BCUT2D eigenvalue weighted by Crippen LogP contribution is -2.31. The summed E-state index contributed by atoms with van der Waals surface area (Å²) in [5.74, 6) is 2.15. The second kappa shape index (κ2) is 8.16. The fourth-order valence-corrected chi connectivity index (χ4v) is 4.08. The van der Waals surface area contributed by atoms with Crippen molar-refractivity contribution in [2.75, 3.05) is 19.8 Å². The number of aromatic nitrogens is 1. The van der Waals surface area contributed by atoms with E-state index in [0.717, 1.165) is 28.0 Å². The fraction of sp³-hybridized carbons (Fsp3) is 0.280. The Morgan fingerprint density at radius 1 is 1.03 bits per heavy atom. The molecule has 2 N–H and O–H groups in total. The van der Waals surface area contributed by atoms with Crippen LogP contribution in [0.5, 0.6) is 17.2 Å². The van der Waals surface area contributed by atoms with Gasteiger partial charge in [0.2, 0.25) is 0 Å². The maximum atomic E-state index is 6.24. The monoisotopic (exact) mass is 431 g/mol. The summed E-state index contributed by atoms with van der Waals surface area (Å²) in [6.07, 6.45) is 3.75. The molecule has 2 aliphatic rings. The summed E-state index contributed by atoms with van der Waals surface area (Å²) in [7, 11) is 0. The molecular formula is C25H25N3O4. The minimum atomic E-state index is -0.807. The van der Waals surface area contributed by atoms with Gasteiger partial charge in [0.15, 0.2) is 5.54 Å². The number of fused-ring (bicyclic) bond motifs is 4. The maximum Gasteiger partial charge on any atom is 0.283 e. The van der Waals surface area contributed by atoms with Crippen molar-refractivity contribution < 1.29 is 18.9 Å². The van der Waals surface area contributed by atoms with Crippen LogP contribution in [0.3, 0.4) is 0 Å². The first-order valence-corrected chi connectivity index (χ1v) is 10.6. The van der Waals surface area contributed by atoms with E-state index in [0.29, 0.717) is 31.3 Å². The number of benzene rings is 2. The number of hydrogen-bond donors (Lipinski definition) is 1. The van der Waals surface area contributed by atoms with Gasteiger partial charge in [-0.05, 0) is 55.8 Å². The highest BCUT2D eigenvalue weighted by molar-refractivity contribution is 5.78. The maximum absolute atomic E-state index is 6.24. The largest absolute Gasteiger partial charge is 0.491 e. The minimum absolute atomic E-state index is 0.159. The number of amidine groups is 1. The Morgan fingerprint density at radius 3 is 2.56 bits per heavy atom. The van der Waals surface area contributed by atoms with Crippen molar-refractivity contribution in [3.05, 3.63) is 72.1 Å². The molecule has 3 aromatic rings. The van der Waals surface area contributed by atoms with Crippen LogP contribution in [0.2, 0.25) is 0 Å². The van der Waals surface area contributed by atoms with Crippen LogP contribution in [0.4, 0.5) is 0 Å². The number of nitrogens with two attached hydrogens (primary N) is 1. The van der Waals surface area contributed by atoms with Crippen molar-refractivity contribution in [2.45, 2.75) is 25.5 Å². The summed E-state index contributed by atoms with van der Waals surface area (Å²) in [6.45, 7) is 5.26. The zero-order valence-corrected chi connectivity index (χ0v) is 18.1. The molecule has 0 saturated carbocycles. The molecule has 7 heteroatoms. The van der Waals surface area contributed by atoms with Crippen molar-refractivity contribution in [3.8, 4) is 28.4 Å². The first kappa shape index (κ1) is 20.3. The SMILES string of the molecule is CC(C)OCCOc1ccc2c(c1)[C@]1(COC(N)=N1)c1cc(-c3cccnc3)ccc1O2. The van der Waals surface area contributed by atoms with Crippen LogP contribution >= 0.6 is 0 Å². The quantitative estimate of drug-likeness (QED) is 0.587. The van der Waals surface area contributed by atoms with Gasteiger partial charge in [-0.2, -0.15) is 0 Å². The molecule has 164 valence electrons. The van der Waals surface area contributed by atoms with Gasteiger partial charge in [0.25, 0.3) is 6.02 Å². The number of ether oxygens (including phenoxy) is 4. The lowest BCUT2D eigenvalue weighted by molar-refractivity contribution is 0.0552. The molecule has 0 radical (unpaired) electrons. The Balaban J connectivity index is 1.54. The second-order valence-corrected chi connectivity index (χ2v) is 8.08. The third-order valence-electron chi connectivity index (χ3n) is 5.57. The van der Waals surface area contributed by atoms with E-state index in [9.17, 15) is 0 Å². The van der Waals surface area contributed by atoms with Gasteiger partial charge < -0.3 is 24.7 Å². The molecular weight excluding hydrogens is 406 g/mol. The molecule has 32 heavy (non-hydrogen) atoms. The van der Waals surface area contributed by atoms with Crippen molar-refractivity contribution in [1.29, 1.82) is 0 Å². The van der Waals surface area contributed by atoms with Crippen LogP contribution < -0.4 is 15.2 Å². The summed E-state index contributed by atoms with van der Waals surface area (Å²) < 4.78 is 23.4. The molecule has 3 heterocycles. The molecule has 0 aliphatic carbocycles. The molecule has 7 nitrogen and oxygen atoms in total. The summed E-state index contributed by atoms with van der Waals surface area (Å²) in [4.78, 5) is 8.99. The highest BCUT2D eigenvalue weighted by Crippen LogP contribution is 2.52. The van der Waals surface area contributed by atoms with Crippen molar-refractivity contribution >= 4 is 6.02 Å². The van der Waals surface area contributed by atoms with E-state index < -0.39 is 5.54 Å². The molecule has 5 rings (SSSR count). The molecule has 2 aliphatic heterocycles. The highest BCUT2D eigenvalue weighted by atomic mass is 16.5. The van der Waals surface area contributed by atoms with Crippen LogP contribution in [-0.2, 0) is 15.0 Å². The van der Waals surface area contributed by atoms with Gasteiger partial charge in [-0.25, -0.2) is 4.99 Å². The number of rotatable bonds is 6. The Bertz CT molecular complexity index is 1160. The first-order chi connectivity index (χ1) is 15.5. The zero-order valence-electron chi connectivity index (χ0n) is 18.1. The molecule has 0 amide bonds. The van der Waals surface area contributed by atoms with E-state index in [2.05, 4.69) is 11.1 Å². The van der Waals surface area contributed by atoms with E-state index in [-0.39, 0.29) is 12.1 Å². The molecule has 0 saturated heterocycles. The van der Waals surface area contributed by atoms with Crippen LogP contribution in [0.1, 0.15) is 25.0 Å². The Hall–Kier alpha value is -3.58. The van der Waals surface area contributed by atoms with E-state index in [1.165, 1.54) is 0 Å². The van der Waals surface area contributed by atoms with Gasteiger partial charge in [0.05, 0.1) is 12.7 Å². The molecule has 2 aromatic carbocycles. The van der Waals surface area contributed by atoms with Gasteiger partial charge >= 0.3 is 0 Å². The molecule has 0 unspecified atom stereocenters. The minimum Gasteiger partial charge on any atom is -0.491 e. The fourth-order valence-electron chi connectivity index (χ4n) is 4.08. The standard InChI is InChI=1S/C25H25N3O4/c1-16(2)29-10-11-30-19-6-8-23-21(13-19)25(15-31-24(26)28-25)20-12-17(5-7-22(20)32-23)18-4-3-9-27-14-18/h3-9,12-14,16H,10-11,15H2,1-2H3,(H2,26,28)/t25-/m0/s1. The molecule has 1 spiro atoms.